The van der Waals surface area contributed by atoms with Crippen LogP contribution in [0.1, 0.15) is 57.9 Å². The molecule has 0 aliphatic heterocycles. The number of aliphatic hydroxyl groups is 1. The highest BCUT2D eigenvalue weighted by Crippen LogP contribution is 2.33. The minimum absolute atomic E-state index is 0.0996. The van der Waals surface area contributed by atoms with Crippen molar-refractivity contribution in [2.45, 2.75) is 63.4 Å². The van der Waals surface area contributed by atoms with Gasteiger partial charge in [-0.05, 0) is 44.4 Å². The quantitative estimate of drug-likeness (QED) is 0.774. The molecule has 5 heteroatoms. The predicted molar refractivity (Wildman–Crippen MR) is 98.2 cm³/mol. The largest absolute Gasteiger partial charge is 0.493 e. The summed E-state index contributed by atoms with van der Waals surface area (Å²) < 4.78 is 10.6. The van der Waals surface area contributed by atoms with Gasteiger partial charge in [0.15, 0.2) is 11.5 Å². The lowest BCUT2D eigenvalue weighted by Gasteiger charge is -2.30. The maximum absolute atomic E-state index is 12.8. The fourth-order valence-corrected chi connectivity index (χ4v) is 3.39. The van der Waals surface area contributed by atoms with E-state index in [-0.39, 0.29) is 5.91 Å². The lowest BCUT2D eigenvalue weighted by Crippen LogP contribution is -2.48. The molecule has 1 saturated carbocycles. The van der Waals surface area contributed by atoms with Gasteiger partial charge in [-0.3, -0.25) is 4.79 Å². The second-order valence-corrected chi connectivity index (χ2v) is 7.52. The third kappa shape index (κ3) is 4.66. The molecule has 2 rings (SSSR count). The maximum atomic E-state index is 12.8. The zero-order valence-electron chi connectivity index (χ0n) is 15.9. The number of carbonyl (C=O) groups is 1. The molecule has 2 N–H and O–H groups in total. The van der Waals surface area contributed by atoms with Crippen LogP contribution in [-0.4, -0.2) is 37.4 Å². The summed E-state index contributed by atoms with van der Waals surface area (Å²) in [5, 5.41) is 13.7. The Hall–Kier alpha value is -1.75. The Morgan fingerprint density at radius 1 is 1.12 bits per heavy atom. The Morgan fingerprint density at radius 3 is 2.28 bits per heavy atom. The minimum Gasteiger partial charge on any atom is -0.493 e. The summed E-state index contributed by atoms with van der Waals surface area (Å²) in [6, 6.07) is 5.52. The van der Waals surface area contributed by atoms with E-state index in [1.54, 1.807) is 14.2 Å². The van der Waals surface area contributed by atoms with E-state index >= 15 is 0 Å². The second-order valence-electron chi connectivity index (χ2n) is 7.52. The molecule has 1 fully saturated rings. The van der Waals surface area contributed by atoms with Crippen LogP contribution in [0.25, 0.3) is 0 Å². The summed E-state index contributed by atoms with van der Waals surface area (Å²) >= 11 is 0. The summed E-state index contributed by atoms with van der Waals surface area (Å²) in [6.07, 6.45) is 5.87. The third-order valence-electron chi connectivity index (χ3n) is 5.29. The van der Waals surface area contributed by atoms with Gasteiger partial charge in [-0.25, -0.2) is 0 Å². The first-order chi connectivity index (χ1) is 11.8. The van der Waals surface area contributed by atoms with E-state index in [4.69, 9.17) is 9.47 Å². The van der Waals surface area contributed by atoms with E-state index in [0.717, 1.165) is 44.1 Å². The van der Waals surface area contributed by atoms with Gasteiger partial charge >= 0.3 is 0 Å². The van der Waals surface area contributed by atoms with Crippen LogP contribution >= 0.6 is 0 Å². The number of hydrogen-bond donors (Lipinski definition) is 2. The van der Waals surface area contributed by atoms with Crippen LogP contribution in [0.5, 0.6) is 11.5 Å². The van der Waals surface area contributed by atoms with Crippen molar-refractivity contribution in [2.24, 2.45) is 0 Å². The monoisotopic (exact) mass is 349 g/mol. The van der Waals surface area contributed by atoms with Gasteiger partial charge in [0.05, 0.1) is 25.2 Å². The van der Waals surface area contributed by atoms with Crippen LogP contribution in [0.4, 0.5) is 0 Å². The van der Waals surface area contributed by atoms with Crippen molar-refractivity contribution in [2.75, 3.05) is 20.8 Å². The van der Waals surface area contributed by atoms with Crippen molar-refractivity contribution in [3.8, 4) is 11.5 Å². The van der Waals surface area contributed by atoms with Crippen molar-refractivity contribution in [3.63, 3.8) is 0 Å². The van der Waals surface area contributed by atoms with Gasteiger partial charge in [0.25, 0.3) is 0 Å². The maximum Gasteiger partial charge on any atom is 0.230 e. The first-order valence-electron chi connectivity index (χ1n) is 9.05. The number of rotatable bonds is 6. The summed E-state index contributed by atoms with van der Waals surface area (Å²) in [5.74, 6) is 1.14. The second kappa shape index (κ2) is 8.09. The molecular weight excluding hydrogens is 318 g/mol. The van der Waals surface area contributed by atoms with Crippen LogP contribution in [0.15, 0.2) is 18.2 Å². The number of ether oxygens (including phenoxy) is 2. The summed E-state index contributed by atoms with van der Waals surface area (Å²) in [6.45, 7) is 4.06. The Balaban J connectivity index is 2.09. The fraction of sp³-hybridized carbons (Fsp3) is 0.650. The Labute approximate surface area is 150 Å². The summed E-state index contributed by atoms with van der Waals surface area (Å²) in [7, 11) is 3.17. The molecule has 0 bridgehead atoms. The number of hydrogen-bond acceptors (Lipinski definition) is 4. The van der Waals surface area contributed by atoms with Crippen molar-refractivity contribution in [1.82, 2.24) is 5.32 Å². The normalized spacial score (nSPS) is 17.5. The molecule has 1 aromatic carbocycles. The van der Waals surface area contributed by atoms with Gasteiger partial charge in [-0.2, -0.15) is 0 Å². The van der Waals surface area contributed by atoms with Gasteiger partial charge in [0, 0.05) is 6.54 Å². The number of carbonyl (C=O) groups excluding carboxylic acids is 1. The highest BCUT2D eigenvalue weighted by Gasteiger charge is 2.34. The molecule has 0 heterocycles. The number of amides is 1. The number of nitrogens with one attached hydrogen (secondary N) is 1. The van der Waals surface area contributed by atoms with Gasteiger partial charge < -0.3 is 19.9 Å². The van der Waals surface area contributed by atoms with E-state index in [1.165, 1.54) is 0 Å². The van der Waals surface area contributed by atoms with E-state index in [0.29, 0.717) is 18.0 Å². The smallest absolute Gasteiger partial charge is 0.230 e. The summed E-state index contributed by atoms with van der Waals surface area (Å²) in [5.41, 5.74) is -0.670. The molecule has 5 nitrogen and oxygen atoms in total. The first kappa shape index (κ1) is 19.6. The molecule has 0 aromatic heterocycles. The Bertz CT molecular complexity index is 589. The number of benzene rings is 1. The van der Waals surface area contributed by atoms with Crippen LogP contribution < -0.4 is 14.8 Å². The van der Waals surface area contributed by atoms with Gasteiger partial charge in [-0.15, -0.1) is 0 Å². The lowest BCUT2D eigenvalue weighted by molar-refractivity contribution is -0.127. The van der Waals surface area contributed by atoms with Gasteiger partial charge in [-0.1, -0.05) is 31.7 Å². The SMILES string of the molecule is COc1ccc(C(C)(C)C(=O)NCC2(O)CCCCCC2)cc1OC. The first-order valence-corrected chi connectivity index (χ1v) is 9.05. The predicted octanol–water partition coefficient (Wildman–Crippen LogP) is 3.18. The molecule has 0 saturated heterocycles. The molecule has 0 unspecified atom stereocenters. The molecule has 1 aliphatic rings. The van der Waals surface area contributed by atoms with Crippen LogP contribution in [-0.2, 0) is 10.2 Å². The molecule has 1 aromatic rings. The van der Waals surface area contributed by atoms with Crippen LogP contribution in [0.3, 0.4) is 0 Å². The molecule has 25 heavy (non-hydrogen) atoms. The molecule has 0 radical (unpaired) electrons. The molecule has 0 atom stereocenters. The van der Waals surface area contributed by atoms with E-state index in [2.05, 4.69) is 5.32 Å². The highest BCUT2D eigenvalue weighted by atomic mass is 16.5. The van der Waals surface area contributed by atoms with Crippen molar-refractivity contribution in [3.05, 3.63) is 23.8 Å². The number of methoxy groups -OCH3 is 2. The summed E-state index contributed by atoms with van der Waals surface area (Å²) in [4.78, 5) is 12.8. The zero-order chi connectivity index (χ0) is 18.5. The van der Waals surface area contributed by atoms with Gasteiger partial charge in [0.2, 0.25) is 5.91 Å². The standard InChI is InChI=1S/C20H31NO4/c1-19(2,15-9-10-16(24-3)17(13-15)25-4)18(22)21-14-20(23)11-7-5-6-8-12-20/h9-10,13,23H,5-8,11-12,14H2,1-4H3,(H,21,22). The average Bonchev–Trinajstić information content (AvgIpc) is 2.83. The van der Waals surface area contributed by atoms with Crippen molar-refractivity contribution >= 4 is 5.91 Å². The Morgan fingerprint density at radius 2 is 1.72 bits per heavy atom. The molecule has 1 amide bonds. The van der Waals surface area contributed by atoms with Gasteiger partial charge in [0.1, 0.15) is 0 Å². The van der Waals surface area contributed by atoms with Crippen LogP contribution in [0, 0.1) is 0 Å². The van der Waals surface area contributed by atoms with E-state index in [1.807, 2.05) is 32.0 Å². The fourth-order valence-electron chi connectivity index (χ4n) is 3.39. The molecular formula is C20H31NO4. The minimum atomic E-state index is -0.778. The highest BCUT2D eigenvalue weighted by molar-refractivity contribution is 5.87. The molecule has 1 aliphatic carbocycles. The van der Waals surface area contributed by atoms with Crippen molar-refractivity contribution in [1.29, 1.82) is 0 Å². The van der Waals surface area contributed by atoms with Crippen LogP contribution in [0.2, 0.25) is 0 Å². The van der Waals surface area contributed by atoms with E-state index in [9.17, 15) is 9.90 Å². The Kier molecular flexibility index (Phi) is 6.33. The van der Waals surface area contributed by atoms with Crippen molar-refractivity contribution < 1.29 is 19.4 Å². The topological polar surface area (TPSA) is 67.8 Å². The van der Waals surface area contributed by atoms with E-state index < -0.39 is 11.0 Å². The lowest BCUT2D eigenvalue weighted by atomic mass is 9.83. The zero-order valence-corrected chi connectivity index (χ0v) is 15.9. The molecule has 0 spiro atoms. The average molecular weight is 349 g/mol. The molecule has 140 valence electrons. The third-order valence-corrected chi connectivity index (χ3v) is 5.29.